The van der Waals surface area contributed by atoms with E-state index in [1.807, 2.05) is 6.08 Å². The van der Waals surface area contributed by atoms with Gasteiger partial charge >= 0.3 is 0 Å². The largest absolute Gasteiger partial charge is 0.0853 e. The second kappa shape index (κ2) is 11.3. The van der Waals surface area contributed by atoms with E-state index < -0.39 is 0 Å². The number of unbranched alkanes of at least 4 members (excludes halogenated alkanes) is 1. The van der Waals surface area contributed by atoms with E-state index in [4.69, 9.17) is 0 Å². The van der Waals surface area contributed by atoms with Crippen molar-refractivity contribution in [1.29, 1.82) is 0 Å². The van der Waals surface area contributed by atoms with E-state index in [0.717, 1.165) is 12.8 Å². The second-order valence-electron chi connectivity index (χ2n) is 5.33. The third-order valence-corrected chi connectivity index (χ3v) is 3.34. The molecule has 0 atom stereocenters. The summed E-state index contributed by atoms with van der Waals surface area (Å²) < 4.78 is 0. The third-order valence-electron chi connectivity index (χ3n) is 3.34. The quantitative estimate of drug-likeness (QED) is 0.413. The summed E-state index contributed by atoms with van der Waals surface area (Å²) >= 11 is 0. The fraction of sp³-hybridized carbons (Fsp3) is 0.611. The average molecular weight is 247 g/mol. The van der Waals surface area contributed by atoms with E-state index in [1.54, 1.807) is 5.57 Å². The molecule has 0 saturated heterocycles. The Morgan fingerprint density at radius 1 is 0.833 bits per heavy atom. The molecule has 0 rings (SSSR count). The van der Waals surface area contributed by atoms with Crippen molar-refractivity contribution in [2.24, 2.45) is 0 Å². The molecule has 1 radical (unpaired) electrons. The molecule has 103 valence electrons. The highest BCUT2D eigenvalue weighted by molar-refractivity contribution is 5.06. The minimum absolute atomic E-state index is 1.15. The highest BCUT2D eigenvalue weighted by atomic mass is 14.0. The van der Waals surface area contributed by atoms with Gasteiger partial charge < -0.3 is 0 Å². The maximum Gasteiger partial charge on any atom is -0.0288 e. The molecule has 0 unspecified atom stereocenters. The lowest BCUT2D eigenvalue weighted by Gasteiger charge is -2.02. The van der Waals surface area contributed by atoms with E-state index >= 15 is 0 Å². The lowest BCUT2D eigenvalue weighted by atomic mass is 10.0. The first kappa shape index (κ1) is 17.2. The molecule has 0 aliphatic heterocycles. The fourth-order valence-electron chi connectivity index (χ4n) is 1.85. The SMILES string of the molecule is [CH2]C=C(C)CCC=C(C)CCC=C(C)CCCC. The molecule has 0 amide bonds. The third kappa shape index (κ3) is 10.4. The number of allylic oxidation sites excluding steroid dienone is 6. The van der Waals surface area contributed by atoms with Crippen molar-refractivity contribution in [2.45, 2.75) is 72.6 Å². The van der Waals surface area contributed by atoms with E-state index in [9.17, 15) is 0 Å². The molecule has 0 spiro atoms. The first-order valence-electron chi connectivity index (χ1n) is 7.36. The molecule has 0 heterocycles. The molecule has 0 bridgehead atoms. The standard InChI is InChI=1S/C18H31/c1-6-8-11-17(4)14-10-15-18(5)13-9-12-16(3)7-2/h7,13-14H,2,6,8-12,15H2,1,3-5H3. The molecule has 18 heavy (non-hydrogen) atoms. The van der Waals surface area contributed by atoms with Gasteiger partial charge in [-0.05, 0) is 66.2 Å². The molecule has 0 aliphatic carbocycles. The summed E-state index contributed by atoms with van der Waals surface area (Å²) in [6.45, 7) is 12.7. The molecule has 0 fully saturated rings. The molecule has 0 saturated carbocycles. The van der Waals surface area contributed by atoms with Gasteiger partial charge in [0.1, 0.15) is 0 Å². The van der Waals surface area contributed by atoms with Gasteiger partial charge in [0.15, 0.2) is 0 Å². The number of rotatable bonds is 9. The van der Waals surface area contributed by atoms with Gasteiger partial charge in [0, 0.05) is 0 Å². The van der Waals surface area contributed by atoms with E-state index in [-0.39, 0.29) is 0 Å². The lowest BCUT2D eigenvalue weighted by Crippen LogP contribution is -1.82. The Hall–Kier alpha value is -0.780. The molecular weight excluding hydrogens is 216 g/mol. The minimum atomic E-state index is 1.15. The van der Waals surface area contributed by atoms with Crippen molar-refractivity contribution in [3.8, 4) is 0 Å². The van der Waals surface area contributed by atoms with Crippen LogP contribution >= 0.6 is 0 Å². The second-order valence-corrected chi connectivity index (χ2v) is 5.33. The Kier molecular flexibility index (Phi) is 10.8. The van der Waals surface area contributed by atoms with Crippen LogP contribution in [0.5, 0.6) is 0 Å². The van der Waals surface area contributed by atoms with E-state index in [1.165, 1.54) is 43.3 Å². The average Bonchev–Trinajstić information content (AvgIpc) is 2.36. The van der Waals surface area contributed by atoms with Gasteiger partial charge in [0.25, 0.3) is 0 Å². The van der Waals surface area contributed by atoms with Crippen molar-refractivity contribution >= 4 is 0 Å². The van der Waals surface area contributed by atoms with Crippen LogP contribution in [0.15, 0.2) is 34.9 Å². The van der Waals surface area contributed by atoms with Crippen molar-refractivity contribution in [3.05, 3.63) is 41.9 Å². The Morgan fingerprint density at radius 2 is 1.33 bits per heavy atom. The lowest BCUT2D eigenvalue weighted by molar-refractivity contribution is 0.781. The fourth-order valence-corrected chi connectivity index (χ4v) is 1.85. The van der Waals surface area contributed by atoms with E-state index in [0.29, 0.717) is 0 Å². The zero-order valence-corrected chi connectivity index (χ0v) is 12.9. The Labute approximate surface area is 115 Å². The summed E-state index contributed by atoms with van der Waals surface area (Å²) in [6, 6.07) is 0. The normalized spacial score (nSPS) is 14.2. The van der Waals surface area contributed by atoms with Crippen LogP contribution in [0.4, 0.5) is 0 Å². The van der Waals surface area contributed by atoms with Crippen molar-refractivity contribution < 1.29 is 0 Å². The van der Waals surface area contributed by atoms with Gasteiger partial charge in [-0.1, -0.05) is 48.3 Å². The Balaban J connectivity index is 3.81. The predicted octanol–water partition coefficient (Wildman–Crippen LogP) is 6.41. The molecule has 0 aromatic heterocycles. The van der Waals surface area contributed by atoms with Crippen LogP contribution in [-0.4, -0.2) is 0 Å². The first-order chi connectivity index (χ1) is 8.60. The van der Waals surface area contributed by atoms with Gasteiger partial charge in [0.2, 0.25) is 0 Å². The Bertz CT molecular complexity index is 289. The van der Waals surface area contributed by atoms with Crippen LogP contribution in [-0.2, 0) is 0 Å². The highest BCUT2D eigenvalue weighted by Gasteiger charge is 1.92. The number of hydrogen-bond donors (Lipinski definition) is 0. The molecule has 0 nitrogen and oxygen atoms in total. The van der Waals surface area contributed by atoms with Crippen LogP contribution in [0.1, 0.15) is 72.6 Å². The van der Waals surface area contributed by atoms with Gasteiger partial charge in [0.05, 0.1) is 0 Å². The maximum absolute atomic E-state index is 3.79. The van der Waals surface area contributed by atoms with Crippen molar-refractivity contribution in [2.75, 3.05) is 0 Å². The first-order valence-corrected chi connectivity index (χ1v) is 7.36. The zero-order valence-electron chi connectivity index (χ0n) is 12.9. The van der Waals surface area contributed by atoms with Crippen LogP contribution in [0.2, 0.25) is 0 Å². The minimum Gasteiger partial charge on any atom is -0.0853 e. The van der Waals surface area contributed by atoms with E-state index in [2.05, 4.69) is 46.8 Å². The summed E-state index contributed by atoms with van der Waals surface area (Å²) in [5.74, 6) is 0. The van der Waals surface area contributed by atoms with Gasteiger partial charge in [-0.25, -0.2) is 0 Å². The highest BCUT2D eigenvalue weighted by Crippen LogP contribution is 2.13. The van der Waals surface area contributed by atoms with Crippen LogP contribution in [0, 0.1) is 6.92 Å². The monoisotopic (exact) mass is 247 g/mol. The molecule has 0 aromatic rings. The predicted molar refractivity (Wildman–Crippen MR) is 84.6 cm³/mol. The van der Waals surface area contributed by atoms with Crippen LogP contribution in [0.3, 0.4) is 0 Å². The Morgan fingerprint density at radius 3 is 1.83 bits per heavy atom. The molecule has 0 heteroatoms. The summed E-state index contributed by atoms with van der Waals surface area (Å²) in [5.41, 5.74) is 4.46. The zero-order chi connectivity index (χ0) is 13.8. The maximum atomic E-state index is 3.79. The molecular formula is C18H31. The smallest absolute Gasteiger partial charge is 0.0288 e. The molecule has 0 aliphatic rings. The molecule has 0 aromatic carbocycles. The van der Waals surface area contributed by atoms with Crippen molar-refractivity contribution in [3.63, 3.8) is 0 Å². The molecule has 0 N–H and O–H groups in total. The van der Waals surface area contributed by atoms with Crippen LogP contribution in [0.25, 0.3) is 0 Å². The van der Waals surface area contributed by atoms with Gasteiger partial charge in [-0.3, -0.25) is 0 Å². The summed E-state index contributed by atoms with van der Waals surface area (Å²) in [7, 11) is 0. The summed E-state index contributed by atoms with van der Waals surface area (Å²) in [4.78, 5) is 0. The topological polar surface area (TPSA) is 0 Å². The number of hydrogen-bond acceptors (Lipinski definition) is 0. The van der Waals surface area contributed by atoms with Gasteiger partial charge in [-0.15, -0.1) is 0 Å². The summed E-state index contributed by atoms with van der Waals surface area (Å²) in [5, 5.41) is 0. The van der Waals surface area contributed by atoms with Crippen molar-refractivity contribution in [1.82, 2.24) is 0 Å². The van der Waals surface area contributed by atoms with Crippen LogP contribution < -0.4 is 0 Å². The van der Waals surface area contributed by atoms with Gasteiger partial charge in [-0.2, -0.15) is 0 Å². The summed E-state index contributed by atoms with van der Waals surface area (Å²) in [6.07, 6.45) is 15.3.